The molecular weight excluding hydrogens is 272 g/mol. The summed E-state index contributed by atoms with van der Waals surface area (Å²) in [5, 5.41) is 16.3. The smallest absolute Gasteiger partial charge is 0.289 e. The van der Waals surface area contributed by atoms with Gasteiger partial charge in [-0.1, -0.05) is 11.6 Å². The quantitative estimate of drug-likeness (QED) is 0.634. The van der Waals surface area contributed by atoms with Crippen molar-refractivity contribution in [3.63, 3.8) is 0 Å². The maximum Gasteiger partial charge on any atom is 0.289 e. The Bertz CT molecular complexity index is 519. The Labute approximate surface area is 114 Å². The van der Waals surface area contributed by atoms with Gasteiger partial charge in [-0.25, -0.2) is 4.98 Å². The number of rotatable bonds is 5. The van der Waals surface area contributed by atoms with Crippen LogP contribution in [0.1, 0.15) is 19.8 Å². The molecule has 19 heavy (non-hydrogen) atoms. The molecule has 102 valence electrons. The summed E-state index contributed by atoms with van der Waals surface area (Å²) in [4.78, 5) is 25.6. The molecule has 1 aliphatic rings. The van der Waals surface area contributed by atoms with Gasteiger partial charge in [0.15, 0.2) is 0 Å². The van der Waals surface area contributed by atoms with Gasteiger partial charge in [0.1, 0.15) is 18.1 Å². The van der Waals surface area contributed by atoms with E-state index in [0.29, 0.717) is 0 Å². The molecule has 1 aromatic heterocycles. The van der Waals surface area contributed by atoms with E-state index in [1.165, 1.54) is 6.07 Å². The Morgan fingerprint density at radius 2 is 2.32 bits per heavy atom. The predicted octanol–water partition coefficient (Wildman–Crippen LogP) is 1.72. The number of carbonyl (C=O) groups is 1. The second-order valence-corrected chi connectivity index (χ2v) is 4.84. The fourth-order valence-corrected chi connectivity index (χ4v) is 1.67. The molecule has 0 radical (unpaired) electrons. The van der Waals surface area contributed by atoms with Crippen molar-refractivity contribution >= 4 is 29.0 Å². The fourth-order valence-electron chi connectivity index (χ4n) is 1.46. The maximum absolute atomic E-state index is 11.7. The summed E-state index contributed by atoms with van der Waals surface area (Å²) < 4.78 is 0. The van der Waals surface area contributed by atoms with Crippen LogP contribution in [0, 0.1) is 10.1 Å². The van der Waals surface area contributed by atoms with Crippen molar-refractivity contribution in [1.29, 1.82) is 0 Å². The van der Waals surface area contributed by atoms with Crippen LogP contribution in [-0.4, -0.2) is 27.9 Å². The highest BCUT2D eigenvalue weighted by atomic mass is 35.5. The molecule has 1 aliphatic carbocycles. The monoisotopic (exact) mass is 284 g/mol. The van der Waals surface area contributed by atoms with Crippen LogP contribution < -0.4 is 10.6 Å². The number of halogens is 1. The molecule has 0 spiro atoms. The van der Waals surface area contributed by atoms with Gasteiger partial charge >= 0.3 is 0 Å². The highest BCUT2D eigenvalue weighted by Crippen LogP contribution is 2.24. The summed E-state index contributed by atoms with van der Waals surface area (Å²) in [7, 11) is 0. The first-order valence-electron chi connectivity index (χ1n) is 5.84. The van der Waals surface area contributed by atoms with Gasteiger partial charge in [0, 0.05) is 12.1 Å². The van der Waals surface area contributed by atoms with Gasteiger partial charge in [-0.15, -0.1) is 0 Å². The van der Waals surface area contributed by atoms with E-state index in [9.17, 15) is 14.9 Å². The highest BCUT2D eigenvalue weighted by molar-refractivity contribution is 6.33. The largest absolute Gasteiger partial charge is 0.357 e. The van der Waals surface area contributed by atoms with E-state index in [2.05, 4.69) is 15.6 Å². The van der Waals surface area contributed by atoms with E-state index in [1.807, 2.05) is 0 Å². The Morgan fingerprint density at radius 3 is 2.84 bits per heavy atom. The third kappa shape index (κ3) is 3.54. The molecule has 1 amide bonds. The second-order valence-electron chi connectivity index (χ2n) is 4.43. The lowest BCUT2D eigenvalue weighted by Crippen LogP contribution is -2.38. The van der Waals surface area contributed by atoms with Crippen molar-refractivity contribution in [2.75, 3.05) is 5.32 Å². The number of hydrogen-bond donors (Lipinski definition) is 2. The molecule has 0 aromatic carbocycles. The Hall–Kier alpha value is -1.89. The van der Waals surface area contributed by atoms with Gasteiger partial charge in [0.2, 0.25) is 5.91 Å². The summed E-state index contributed by atoms with van der Waals surface area (Å²) in [5.74, 6) is 0.115. The standard InChI is InChI=1S/C11H13ClN4O3/c1-6(11(17)15-7-2-3-7)14-10-9(12)4-8(5-13-10)16(18)19/h4-7H,2-3H2,1H3,(H,13,14)(H,15,17). The summed E-state index contributed by atoms with van der Waals surface area (Å²) in [6.45, 7) is 1.68. The normalized spacial score (nSPS) is 15.7. The number of nitro groups is 1. The highest BCUT2D eigenvalue weighted by Gasteiger charge is 2.26. The first-order valence-corrected chi connectivity index (χ1v) is 6.22. The van der Waals surface area contributed by atoms with E-state index in [1.54, 1.807) is 6.92 Å². The van der Waals surface area contributed by atoms with Crippen LogP contribution >= 0.6 is 11.6 Å². The zero-order chi connectivity index (χ0) is 14.0. The number of aromatic nitrogens is 1. The van der Waals surface area contributed by atoms with Crippen molar-refractivity contribution in [1.82, 2.24) is 10.3 Å². The minimum absolute atomic E-state index is 0.111. The number of pyridine rings is 1. The van der Waals surface area contributed by atoms with Gasteiger partial charge in [-0.2, -0.15) is 0 Å². The minimum atomic E-state index is -0.577. The lowest BCUT2D eigenvalue weighted by atomic mass is 10.3. The van der Waals surface area contributed by atoms with Crippen LogP contribution in [0.4, 0.5) is 11.5 Å². The van der Waals surface area contributed by atoms with Crippen LogP contribution in [0.2, 0.25) is 5.02 Å². The Kier molecular flexibility index (Phi) is 3.84. The molecule has 2 rings (SSSR count). The molecule has 0 aliphatic heterocycles. The molecular formula is C11H13ClN4O3. The van der Waals surface area contributed by atoms with Crippen molar-refractivity contribution in [2.24, 2.45) is 0 Å². The third-order valence-corrected chi connectivity index (χ3v) is 3.00. The average Bonchev–Trinajstić information content (AvgIpc) is 3.15. The summed E-state index contributed by atoms with van der Waals surface area (Å²) in [6, 6.07) is 0.965. The molecule has 1 saturated carbocycles. The Balaban J connectivity index is 2.01. The second kappa shape index (κ2) is 5.40. The first-order chi connectivity index (χ1) is 8.97. The SMILES string of the molecule is CC(Nc1ncc([N+](=O)[O-])cc1Cl)C(=O)NC1CC1. The van der Waals surface area contributed by atoms with Crippen molar-refractivity contribution in [2.45, 2.75) is 31.8 Å². The molecule has 1 unspecified atom stereocenters. The zero-order valence-corrected chi connectivity index (χ0v) is 11.0. The molecule has 1 heterocycles. The molecule has 7 nitrogen and oxygen atoms in total. The topological polar surface area (TPSA) is 97.2 Å². The maximum atomic E-state index is 11.7. The van der Waals surface area contributed by atoms with Gasteiger partial charge < -0.3 is 10.6 Å². The molecule has 2 N–H and O–H groups in total. The van der Waals surface area contributed by atoms with Crippen LogP contribution in [0.3, 0.4) is 0 Å². The van der Waals surface area contributed by atoms with E-state index in [4.69, 9.17) is 11.6 Å². The average molecular weight is 285 g/mol. The zero-order valence-electron chi connectivity index (χ0n) is 10.2. The lowest BCUT2D eigenvalue weighted by Gasteiger charge is -2.14. The number of carbonyl (C=O) groups excluding carboxylic acids is 1. The van der Waals surface area contributed by atoms with Gasteiger partial charge in [-0.05, 0) is 19.8 Å². The van der Waals surface area contributed by atoms with E-state index in [-0.39, 0.29) is 28.5 Å². The molecule has 0 bridgehead atoms. The van der Waals surface area contributed by atoms with Crippen LogP contribution in [0.25, 0.3) is 0 Å². The number of nitrogens with zero attached hydrogens (tertiary/aromatic N) is 2. The van der Waals surface area contributed by atoms with Crippen molar-refractivity contribution < 1.29 is 9.72 Å². The first kappa shape index (κ1) is 13.5. The number of anilines is 1. The predicted molar refractivity (Wildman–Crippen MR) is 70.2 cm³/mol. The van der Waals surface area contributed by atoms with Gasteiger partial charge in [0.05, 0.1) is 9.95 Å². The van der Waals surface area contributed by atoms with Crippen molar-refractivity contribution in [3.8, 4) is 0 Å². The molecule has 0 saturated heterocycles. The van der Waals surface area contributed by atoms with Gasteiger partial charge in [0.25, 0.3) is 5.69 Å². The number of hydrogen-bond acceptors (Lipinski definition) is 5. The number of nitrogens with one attached hydrogen (secondary N) is 2. The van der Waals surface area contributed by atoms with E-state index < -0.39 is 11.0 Å². The molecule has 1 aromatic rings. The van der Waals surface area contributed by atoms with E-state index >= 15 is 0 Å². The van der Waals surface area contributed by atoms with E-state index in [0.717, 1.165) is 19.0 Å². The molecule has 8 heteroatoms. The summed E-state index contributed by atoms with van der Waals surface area (Å²) in [6.07, 6.45) is 3.11. The Morgan fingerprint density at radius 1 is 1.63 bits per heavy atom. The fraction of sp³-hybridized carbons (Fsp3) is 0.455. The molecule has 1 fully saturated rings. The van der Waals surface area contributed by atoms with Crippen LogP contribution in [-0.2, 0) is 4.79 Å². The van der Waals surface area contributed by atoms with Crippen molar-refractivity contribution in [3.05, 3.63) is 27.4 Å². The van der Waals surface area contributed by atoms with Crippen LogP contribution in [0.5, 0.6) is 0 Å². The third-order valence-electron chi connectivity index (χ3n) is 2.71. The lowest BCUT2D eigenvalue weighted by molar-refractivity contribution is -0.385. The van der Waals surface area contributed by atoms with Gasteiger partial charge in [-0.3, -0.25) is 14.9 Å². The van der Waals surface area contributed by atoms with Crippen LogP contribution in [0.15, 0.2) is 12.3 Å². The minimum Gasteiger partial charge on any atom is -0.357 e. The number of amides is 1. The summed E-state index contributed by atoms with van der Waals surface area (Å²) >= 11 is 5.88. The summed E-state index contributed by atoms with van der Waals surface area (Å²) in [5.41, 5.74) is -0.189. The molecule has 1 atom stereocenters.